The van der Waals surface area contributed by atoms with E-state index in [4.69, 9.17) is 5.90 Å². The van der Waals surface area contributed by atoms with Crippen LogP contribution < -0.4 is 5.90 Å². The van der Waals surface area contributed by atoms with Gasteiger partial charge in [-0.1, -0.05) is 22.9 Å². The van der Waals surface area contributed by atoms with E-state index in [9.17, 15) is 8.78 Å². The third-order valence-electron chi connectivity index (χ3n) is 1.88. The molecular formula is C9H10BrF2NO. The van der Waals surface area contributed by atoms with Gasteiger partial charge in [0.1, 0.15) is 11.6 Å². The largest absolute Gasteiger partial charge is 0.304 e. The van der Waals surface area contributed by atoms with Crippen LogP contribution in [0.15, 0.2) is 16.6 Å². The van der Waals surface area contributed by atoms with Gasteiger partial charge in [-0.2, -0.15) is 0 Å². The van der Waals surface area contributed by atoms with Crippen molar-refractivity contribution >= 4 is 15.9 Å². The van der Waals surface area contributed by atoms with Gasteiger partial charge in [-0.25, -0.2) is 14.7 Å². The van der Waals surface area contributed by atoms with E-state index in [1.54, 1.807) is 6.92 Å². The lowest BCUT2D eigenvalue weighted by Crippen LogP contribution is -2.11. The zero-order valence-electron chi connectivity index (χ0n) is 7.56. The van der Waals surface area contributed by atoms with Crippen molar-refractivity contribution in [2.24, 2.45) is 5.90 Å². The van der Waals surface area contributed by atoms with Crippen molar-refractivity contribution < 1.29 is 13.6 Å². The van der Waals surface area contributed by atoms with Crippen LogP contribution in [0.25, 0.3) is 0 Å². The first-order valence-electron chi connectivity index (χ1n) is 4.02. The van der Waals surface area contributed by atoms with E-state index in [1.165, 1.54) is 12.1 Å². The van der Waals surface area contributed by atoms with Crippen LogP contribution in [0.5, 0.6) is 0 Å². The first-order chi connectivity index (χ1) is 6.56. The van der Waals surface area contributed by atoms with Gasteiger partial charge in [0.25, 0.3) is 0 Å². The third kappa shape index (κ3) is 2.50. The maximum atomic E-state index is 13.3. The Morgan fingerprint density at radius 1 is 1.43 bits per heavy atom. The molecule has 0 amide bonds. The monoisotopic (exact) mass is 265 g/mol. The summed E-state index contributed by atoms with van der Waals surface area (Å²) in [6.45, 7) is 1.72. The molecule has 1 atom stereocenters. The van der Waals surface area contributed by atoms with E-state index >= 15 is 0 Å². The molecule has 0 aromatic heterocycles. The Morgan fingerprint density at radius 3 is 2.36 bits per heavy atom. The molecule has 0 saturated heterocycles. The first kappa shape index (κ1) is 11.6. The van der Waals surface area contributed by atoms with Crippen LogP contribution in [0, 0.1) is 11.6 Å². The number of benzene rings is 1. The van der Waals surface area contributed by atoms with E-state index in [-0.39, 0.29) is 12.2 Å². The summed E-state index contributed by atoms with van der Waals surface area (Å²) in [7, 11) is 0. The van der Waals surface area contributed by atoms with Crippen LogP contribution in [0.3, 0.4) is 0 Å². The molecule has 0 saturated carbocycles. The van der Waals surface area contributed by atoms with Crippen molar-refractivity contribution in [1.82, 2.24) is 0 Å². The van der Waals surface area contributed by atoms with Crippen molar-refractivity contribution in [3.8, 4) is 0 Å². The van der Waals surface area contributed by atoms with Gasteiger partial charge in [-0.15, -0.1) is 0 Å². The molecule has 0 aliphatic heterocycles. The summed E-state index contributed by atoms with van der Waals surface area (Å²) in [6, 6.07) is 2.43. The van der Waals surface area contributed by atoms with Gasteiger partial charge in [-0.05, 0) is 12.1 Å². The number of nitrogens with two attached hydrogens (primary N) is 1. The molecule has 2 N–H and O–H groups in total. The molecule has 0 spiro atoms. The SMILES string of the molecule is CC(CON)c1c(F)cc(Br)cc1F. The predicted octanol–water partition coefficient (Wildman–Crippen LogP) is 2.72. The topological polar surface area (TPSA) is 35.2 Å². The molecule has 0 heterocycles. The van der Waals surface area contributed by atoms with E-state index in [0.29, 0.717) is 4.47 Å². The Kier molecular flexibility index (Phi) is 3.97. The molecule has 1 rings (SSSR count). The Morgan fingerprint density at radius 2 is 1.93 bits per heavy atom. The average Bonchev–Trinajstić information content (AvgIpc) is 2.01. The van der Waals surface area contributed by atoms with Crippen molar-refractivity contribution in [1.29, 1.82) is 0 Å². The van der Waals surface area contributed by atoms with Gasteiger partial charge < -0.3 is 4.84 Å². The van der Waals surface area contributed by atoms with Gasteiger partial charge >= 0.3 is 0 Å². The second kappa shape index (κ2) is 4.82. The van der Waals surface area contributed by atoms with Crippen LogP contribution in [-0.2, 0) is 4.84 Å². The Bertz CT molecular complexity index is 310. The maximum absolute atomic E-state index is 13.3. The summed E-state index contributed by atoms with van der Waals surface area (Å²) in [5.74, 6) is 3.24. The number of halogens is 3. The Balaban J connectivity index is 3.07. The fourth-order valence-electron chi connectivity index (χ4n) is 1.25. The van der Waals surface area contributed by atoms with E-state index in [0.717, 1.165) is 0 Å². The minimum absolute atomic E-state index is 0.00125. The van der Waals surface area contributed by atoms with Crippen LogP contribution in [-0.4, -0.2) is 6.61 Å². The fourth-order valence-corrected chi connectivity index (χ4v) is 1.65. The minimum Gasteiger partial charge on any atom is -0.304 e. The average molecular weight is 266 g/mol. The molecular weight excluding hydrogens is 256 g/mol. The molecule has 78 valence electrons. The van der Waals surface area contributed by atoms with Crippen molar-refractivity contribution in [3.63, 3.8) is 0 Å². The summed E-state index contributed by atoms with van der Waals surface area (Å²) >= 11 is 3.00. The van der Waals surface area contributed by atoms with Gasteiger partial charge in [0.15, 0.2) is 0 Å². The van der Waals surface area contributed by atoms with Gasteiger partial charge in [0, 0.05) is 16.0 Å². The highest BCUT2D eigenvalue weighted by atomic mass is 79.9. The summed E-state index contributed by atoms with van der Waals surface area (Å²) in [5, 5.41) is 0. The van der Waals surface area contributed by atoms with Gasteiger partial charge in [0.2, 0.25) is 0 Å². The lowest BCUT2D eigenvalue weighted by atomic mass is 10.0. The Labute approximate surface area is 89.1 Å². The quantitative estimate of drug-likeness (QED) is 0.854. The summed E-state index contributed by atoms with van der Waals surface area (Å²) < 4.78 is 27.0. The zero-order valence-corrected chi connectivity index (χ0v) is 9.14. The molecule has 1 aromatic rings. The molecule has 14 heavy (non-hydrogen) atoms. The van der Waals surface area contributed by atoms with Crippen molar-refractivity contribution in [2.75, 3.05) is 6.61 Å². The highest BCUT2D eigenvalue weighted by Crippen LogP contribution is 2.25. The highest BCUT2D eigenvalue weighted by molar-refractivity contribution is 9.10. The zero-order chi connectivity index (χ0) is 10.7. The maximum Gasteiger partial charge on any atom is 0.130 e. The van der Waals surface area contributed by atoms with Crippen LogP contribution in [0.4, 0.5) is 8.78 Å². The molecule has 0 radical (unpaired) electrons. The smallest absolute Gasteiger partial charge is 0.130 e. The fraction of sp³-hybridized carbons (Fsp3) is 0.333. The first-order valence-corrected chi connectivity index (χ1v) is 4.81. The van der Waals surface area contributed by atoms with Crippen LogP contribution >= 0.6 is 15.9 Å². The molecule has 0 bridgehead atoms. The molecule has 5 heteroatoms. The number of hydrogen-bond acceptors (Lipinski definition) is 2. The van der Waals surface area contributed by atoms with Crippen molar-refractivity contribution in [3.05, 3.63) is 33.8 Å². The van der Waals surface area contributed by atoms with Gasteiger partial charge in [-0.3, -0.25) is 0 Å². The van der Waals surface area contributed by atoms with E-state index in [1.807, 2.05) is 0 Å². The van der Waals surface area contributed by atoms with Crippen LogP contribution in [0.2, 0.25) is 0 Å². The molecule has 1 aromatic carbocycles. The second-order valence-electron chi connectivity index (χ2n) is 3.02. The summed E-state index contributed by atoms with van der Waals surface area (Å²) in [4.78, 5) is 4.35. The van der Waals surface area contributed by atoms with Crippen molar-refractivity contribution in [2.45, 2.75) is 12.8 Å². The second-order valence-corrected chi connectivity index (χ2v) is 3.93. The summed E-state index contributed by atoms with van der Waals surface area (Å²) in [5.41, 5.74) is -0.00125. The Hall–Kier alpha value is -0.520. The highest BCUT2D eigenvalue weighted by Gasteiger charge is 2.17. The lowest BCUT2D eigenvalue weighted by molar-refractivity contribution is 0.125. The minimum atomic E-state index is -0.596. The molecule has 2 nitrogen and oxygen atoms in total. The molecule has 0 aliphatic rings. The molecule has 0 aliphatic carbocycles. The van der Waals surface area contributed by atoms with Crippen LogP contribution in [0.1, 0.15) is 18.4 Å². The number of rotatable bonds is 3. The third-order valence-corrected chi connectivity index (χ3v) is 2.34. The van der Waals surface area contributed by atoms with Gasteiger partial charge in [0.05, 0.1) is 6.61 Å². The normalized spacial score (nSPS) is 12.9. The standard InChI is InChI=1S/C9H10BrF2NO/c1-5(4-14-13)9-7(11)2-6(10)3-8(9)12/h2-3,5H,4,13H2,1H3. The lowest BCUT2D eigenvalue weighted by Gasteiger charge is -2.12. The molecule has 0 fully saturated rings. The number of hydrogen-bond donors (Lipinski definition) is 1. The summed E-state index contributed by atoms with van der Waals surface area (Å²) in [6.07, 6.45) is 0. The van der Waals surface area contributed by atoms with E-state index < -0.39 is 17.6 Å². The molecule has 1 unspecified atom stereocenters. The predicted molar refractivity (Wildman–Crippen MR) is 52.6 cm³/mol. The van der Waals surface area contributed by atoms with E-state index in [2.05, 4.69) is 20.8 Å².